The number of hydrogen-bond acceptors (Lipinski definition) is 3. The topological polar surface area (TPSA) is 54.5 Å². The number of aryl methyl sites for hydroxylation is 1. The van der Waals surface area contributed by atoms with Crippen molar-refractivity contribution in [1.82, 2.24) is 0 Å². The molecule has 0 aliphatic heterocycles. The van der Waals surface area contributed by atoms with Crippen LogP contribution in [0, 0.1) is 6.92 Å². The standard InChI is InChI=1S/C16H14Cl3NO3S/c1-10-4-3-5-12(8-10)20(11(2)16(19)21)24(22,23)13-6-7-14(17)15(18)9-13/h3-9,11H,1-2H3. The first-order chi connectivity index (χ1) is 11.1. The third-order valence-electron chi connectivity index (χ3n) is 3.38. The van der Waals surface area contributed by atoms with Crippen molar-refractivity contribution in [3.05, 3.63) is 58.1 Å². The average molecular weight is 407 g/mol. The largest absolute Gasteiger partial charge is 0.279 e. The van der Waals surface area contributed by atoms with Gasteiger partial charge in [-0.05, 0) is 61.3 Å². The fourth-order valence-corrected chi connectivity index (χ4v) is 4.33. The molecule has 2 rings (SSSR count). The van der Waals surface area contributed by atoms with Crippen LogP contribution in [0.5, 0.6) is 0 Å². The summed E-state index contributed by atoms with van der Waals surface area (Å²) < 4.78 is 27.1. The molecule has 0 saturated heterocycles. The van der Waals surface area contributed by atoms with E-state index in [2.05, 4.69) is 0 Å². The Morgan fingerprint density at radius 2 is 1.75 bits per heavy atom. The van der Waals surface area contributed by atoms with E-state index < -0.39 is 21.3 Å². The summed E-state index contributed by atoms with van der Waals surface area (Å²) in [7, 11) is -4.07. The van der Waals surface area contributed by atoms with Gasteiger partial charge in [-0.15, -0.1) is 0 Å². The Morgan fingerprint density at radius 3 is 2.29 bits per heavy atom. The van der Waals surface area contributed by atoms with Gasteiger partial charge in [0.05, 0.1) is 20.6 Å². The van der Waals surface area contributed by atoms with E-state index in [1.165, 1.54) is 25.1 Å². The van der Waals surface area contributed by atoms with Crippen LogP contribution in [0.1, 0.15) is 12.5 Å². The van der Waals surface area contributed by atoms with Crippen LogP contribution in [0.3, 0.4) is 0 Å². The molecule has 1 atom stereocenters. The number of rotatable bonds is 5. The monoisotopic (exact) mass is 405 g/mol. The van der Waals surface area contributed by atoms with Gasteiger partial charge in [-0.25, -0.2) is 8.42 Å². The molecule has 1 unspecified atom stereocenters. The molecule has 0 bridgehead atoms. The molecule has 0 aliphatic carbocycles. The van der Waals surface area contributed by atoms with Crippen molar-refractivity contribution in [2.45, 2.75) is 24.8 Å². The van der Waals surface area contributed by atoms with Crippen molar-refractivity contribution < 1.29 is 13.2 Å². The maximum atomic E-state index is 13.1. The summed E-state index contributed by atoms with van der Waals surface area (Å²) in [5.74, 6) is 0. The molecule has 0 N–H and O–H groups in total. The van der Waals surface area contributed by atoms with E-state index >= 15 is 0 Å². The maximum absolute atomic E-state index is 13.1. The van der Waals surface area contributed by atoms with E-state index in [1.54, 1.807) is 18.2 Å². The highest BCUT2D eigenvalue weighted by Gasteiger charge is 2.33. The van der Waals surface area contributed by atoms with Gasteiger partial charge in [0.15, 0.2) is 0 Å². The summed E-state index contributed by atoms with van der Waals surface area (Å²) in [6, 6.07) is 9.65. The normalized spacial score (nSPS) is 12.7. The average Bonchev–Trinajstić information content (AvgIpc) is 2.49. The number of carbonyl (C=O) groups is 1. The number of anilines is 1. The Hall–Kier alpha value is -1.27. The quantitative estimate of drug-likeness (QED) is 0.679. The zero-order valence-electron chi connectivity index (χ0n) is 12.8. The first kappa shape index (κ1) is 19.1. The third-order valence-corrected chi connectivity index (χ3v) is 6.33. The molecule has 24 heavy (non-hydrogen) atoms. The lowest BCUT2D eigenvalue weighted by molar-refractivity contribution is -0.112. The lowest BCUT2D eigenvalue weighted by Crippen LogP contribution is -2.42. The van der Waals surface area contributed by atoms with Crippen molar-refractivity contribution in [2.75, 3.05) is 4.31 Å². The Balaban J connectivity index is 2.65. The molecule has 0 amide bonds. The number of carbonyl (C=O) groups excluding carboxylic acids is 1. The molecule has 4 nitrogen and oxygen atoms in total. The Morgan fingerprint density at radius 1 is 1.08 bits per heavy atom. The number of hydrogen-bond donors (Lipinski definition) is 0. The van der Waals surface area contributed by atoms with Gasteiger partial charge in [0, 0.05) is 0 Å². The van der Waals surface area contributed by atoms with Crippen LogP contribution in [0.2, 0.25) is 10.0 Å². The van der Waals surface area contributed by atoms with Gasteiger partial charge in [0.2, 0.25) is 5.24 Å². The highest BCUT2D eigenvalue weighted by molar-refractivity contribution is 7.93. The van der Waals surface area contributed by atoms with Gasteiger partial charge in [-0.3, -0.25) is 9.10 Å². The van der Waals surface area contributed by atoms with E-state index in [1.807, 2.05) is 13.0 Å². The fraction of sp³-hybridized carbons (Fsp3) is 0.188. The van der Waals surface area contributed by atoms with E-state index in [9.17, 15) is 13.2 Å². The number of halogens is 3. The van der Waals surface area contributed by atoms with E-state index in [0.717, 1.165) is 9.87 Å². The van der Waals surface area contributed by atoms with Crippen LogP contribution >= 0.6 is 34.8 Å². The molecule has 128 valence electrons. The van der Waals surface area contributed by atoms with Gasteiger partial charge < -0.3 is 0 Å². The van der Waals surface area contributed by atoms with Crippen LogP contribution in [0.25, 0.3) is 0 Å². The predicted molar refractivity (Wildman–Crippen MR) is 97.6 cm³/mol. The molecular formula is C16H14Cl3NO3S. The summed E-state index contributed by atoms with van der Waals surface area (Å²) >= 11 is 17.3. The van der Waals surface area contributed by atoms with Crippen LogP contribution < -0.4 is 4.31 Å². The van der Waals surface area contributed by atoms with E-state index in [0.29, 0.717) is 5.69 Å². The molecular weight excluding hydrogens is 393 g/mol. The molecule has 0 saturated carbocycles. The SMILES string of the molecule is Cc1cccc(N(C(C)C(=O)Cl)S(=O)(=O)c2ccc(Cl)c(Cl)c2)c1. The first-order valence-electron chi connectivity index (χ1n) is 6.90. The minimum absolute atomic E-state index is 0.0804. The summed E-state index contributed by atoms with van der Waals surface area (Å²) in [6.07, 6.45) is 0. The minimum Gasteiger partial charge on any atom is -0.279 e. The van der Waals surface area contributed by atoms with E-state index in [-0.39, 0.29) is 14.9 Å². The maximum Gasteiger partial charge on any atom is 0.265 e. The van der Waals surface area contributed by atoms with Crippen molar-refractivity contribution >= 4 is 55.8 Å². The highest BCUT2D eigenvalue weighted by atomic mass is 35.5. The fourth-order valence-electron chi connectivity index (χ4n) is 2.18. The van der Waals surface area contributed by atoms with Crippen LogP contribution in [0.4, 0.5) is 5.69 Å². The first-order valence-corrected chi connectivity index (χ1v) is 9.47. The summed E-state index contributed by atoms with van der Waals surface area (Å²) in [5.41, 5.74) is 1.18. The van der Waals surface area contributed by atoms with Gasteiger partial charge in [0.25, 0.3) is 10.0 Å². The third kappa shape index (κ3) is 3.86. The molecule has 0 radical (unpaired) electrons. The van der Waals surface area contributed by atoms with Gasteiger partial charge in [-0.2, -0.15) is 0 Å². The van der Waals surface area contributed by atoms with E-state index in [4.69, 9.17) is 34.8 Å². The molecule has 2 aromatic carbocycles. The number of nitrogens with zero attached hydrogens (tertiary/aromatic N) is 1. The molecule has 0 fully saturated rings. The van der Waals surface area contributed by atoms with Crippen LogP contribution in [-0.2, 0) is 14.8 Å². The Bertz CT molecular complexity index is 884. The minimum atomic E-state index is -4.07. The van der Waals surface area contributed by atoms with Crippen molar-refractivity contribution in [2.24, 2.45) is 0 Å². The predicted octanol–water partition coefficient (Wildman–Crippen LogP) is 4.65. The Kier molecular flexibility index (Phi) is 5.81. The van der Waals surface area contributed by atoms with Crippen LogP contribution in [0.15, 0.2) is 47.4 Å². The second kappa shape index (κ2) is 7.31. The van der Waals surface area contributed by atoms with Gasteiger partial charge in [-0.1, -0.05) is 35.3 Å². The molecule has 0 aromatic heterocycles. The molecule has 0 spiro atoms. The molecule has 0 aliphatic rings. The molecule has 8 heteroatoms. The molecule has 0 heterocycles. The van der Waals surface area contributed by atoms with Gasteiger partial charge >= 0.3 is 0 Å². The zero-order chi connectivity index (χ0) is 18.1. The lowest BCUT2D eigenvalue weighted by Gasteiger charge is -2.28. The van der Waals surface area contributed by atoms with Crippen LogP contribution in [-0.4, -0.2) is 19.7 Å². The second-order valence-electron chi connectivity index (χ2n) is 5.20. The second-order valence-corrected chi connectivity index (χ2v) is 8.20. The van der Waals surface area contributed by atoms with Crippen molar-refractivity contribution in [3.8, 4) is 0 Å². The van der Waals surface area contributed by atoms with Crippen molar-refractivity contribution in [3.63, 3.8) is 0 Å². The Labute approximate surface area is 156 Å². The van der Waals surface area contributed by atoms with Crippen molar-refractivity contribution in [1.29, 1.82) is 0 Å². The lowest BCUT2D eigenvalue weighted by atomic mass is 10.2. The smallest absolute Gasteiger partial charge is 0.265 e. The number of benzene rings is 2. The number of sulfonamides is 1. The summed E-state index contributed by atoms with van der Waals surface area (Å²) in [4.78, 5) is 11.6. The summed E-state index contributed by atoms with van der Waals surface area (Å²) in [6.45, 7) is 3.24. The molecule has 2 aromatic rings. The highest BCUT2D eigenvalue weighted by Crippen LogP contribution is 2.31. The summed E-state index contributed by atoms with van der Waals surface area (Å²) in [5, 5.41) is -0.453. The van der Waals surface area contributed by atoms with Gasteiger partial charge in [0.1, 0.15) is 6.04 Å². The zero-order valence-corrected chi connectivity index (χ0v) is 15.9.